The van der Waals surface area contributed by atoms with Crippen molar-refractivity contribution >= 4 is 45.1 Å². The molecule has 0 spiro atoms. The molecule has 1 heterocycles. The van der Waals surface area contributed by atoms with Crippen molar-refractivity contribution in [2.75, 3.05) is 11.9 Å². The number of hydrogen-bond acceptors (Lipinski definition) is 6. The second kappa shape index (κ2) is 8.00. The highest BCUT2D eigenvalue weighted by atomic mass is 79.9. The molecule has 0 fully saturated rings. The van der Waals surface area contributed by atoms with Gasteiger partial charge in [0.25, 0.3) is 5.91 Å². The van der Waals surface area contributed by atoms with Gasteiger partial charge in [0.1, 0.15) is 0 Å². The van der Waals surface area contributed by atoms with E-state index in [1.165, 1.54) is 24.5 Å². The Bertz CT molecular complexity index is 1220. The third-order valence-electron chi connectivity index (χ3n) is 4.50. The molecule has 0 bridgehead atoms. The van der Waals surface area contributed by atoms with Gasteiger partial charge in [-0.2, -0.15) is 0 Å². The molecule has 4 rings (SSSR count). The topological polar surface area (TPSA) is 102 Å². The molecule has 3 aromatic rings. The van der Waals surface area contributed by atoms with E-state index >= 15 is 0 Å². The minimum atomic E-state index is -0.714. The van der Waals surface area contributed by atoms with E-state index in [1.54, 1.807) is 36.4 Å². The Morgan fingerprint density at radius 2 is 1.63 bits per heavy atom. The number of anilines is 1. The number of aromatic nitrogens is 1. The van der Waals surface area contributed by atoms with Crippen molar-refractivity contribution in [3.05, 3.63) is 93.2 Å². The maximum atomic E-state index is 12.9. The van der Waals surface area contributed by atoms with E-state index in [0.29, 0.717) is 10.0 Å². The van der Waals surface area contributed by atoms with Crippen LogP contribution in [0, 0.1) is 0 Å². The normalized spacial score (nSPS) is 12.0. The zero-order valence-corrected chi connectivity index (χ0v) is 16.9. The van der Waals surface area contributed by atoms with Crippen LogP contribution in [0.5, 0.6) is 0 Å². The average molecular weight is 465 g/mol. The largest absolute Gasteiger partial charge is 0.452 e. The minimum absolute atomic E-state index is 0.122. The molecule has 0 saturated carbocycles. The molecule has 30 heavy (non-hydrogen) atoms. The number of rotatable bonds is 4. The van der Waals surface area contributed by atoms with E-state index in [2.05, 4.69) is 26.2 Å². The van der Waals surface area contributed by atoms with Crippen LogP contribution in [0.25, 0.3) is 0 Å². The first-order valence-electron chi connectivity index (χ1n) is 8.84. The van der Waals surface area contributed by atoms with Crippen LogP contribution in [0.4, 0.5) is 5.69 Å². The summed E-state index contributed by atoms with van der Waals surface area (Å²) in [5, 5.41) is 2.56. The minimum Gasteiger partial charge on any atom is -0.452 e. The Labute approximate surface area is 179 Å². The smallest absolute Gasteiger partial charge is 0.340 e. The molecule has 2 aromatic carbocycles. The number of fused-ring (bicyclic) bond motifs is 2. The number of ketones is 2. The number of ether oxygens (including phenoxy) is 1. The molecule has 8 heteroatoms. The number of benzene rings is 2. The maximum Gasteiger partial charge on any atom is 0.340 e. The van der Waals surface area contributed by atoms with Crippen LogP contribution in [-0.4, -0.2) is 35.0 Å². The number of nitrogens with one attached hydrogen (secondary N) is 1. The number of hydrogen-bond donors (Lipinski definition) is 1. The summed E-state index contributed by atoms with van der Waals surface area (Å²) < 4.78 is 5.60. The summed E-state index contributed by atoms with van der Waals surface area (Å²) in [5.74, 6) is -1.99. The lowest BCUT2D eigenvalue weighted by atomic mass is 9.83. The molecule has 1 amide bonds. The van der Waals surface area contributed by atoms with Crippen molar-refractivity contribution < 1.29 is 23.9 Å². The lowest BCUT2D eigenvalue weighted by Gasteiger charge is -2.20. The standard InChI is InChI=1S/C22H13BrN2O5/c23-13-8-12(9-24-10-13)22(29)30-11-18(26)25-17-7-3-6-16-19(17)21(28)15-5-2-1-4-14(15)20(16)27/h1-10H,11H2,(H,25,26). The summed E-state index contributed by atoms with van der Waals surface area (Å²) in [6.07, 6.45) is 2.83. The zero-order chi connectivity index (χ0) is 21.3. The van der Waals surface area contributed by atoms with Gasteiger partial charge in [0.05, 0.1) is 16.8 Å². The molecule has 1 aromatic heterocycles. The molecular formula is C22H13BrN2O5. The quantitative estimate of drug-likeness (QED) is 0.464. The van der Waals surface area contributed by atoms with Gasteiger partial charge in [-0.05, 0) is 28.1 Å². The van der Waals surface area contributed by atoms with E-state index < -0.39 is 18.5 Å². The summed E-state index contributed by atoms with van der Waals surface area (Å²) in [6.45, 7) is -0.562. The highest BCUT2D eigenvalue weighted by molar-refractivity contribution is 9.10. The zero-order valence-electron chi connectivity index (χ0n) is 15.3. The summed E-state index contributed by atoms with van der Waals surface area (Å²) in [6, 6.07) is 12.7. The van der Waals surface area contributed by atoms with E-state index in [9.17, 15) is 19.2 Å². The lowest BCUT2D eigenvalue weighted by Crippen LogP contribution is -2.26. The number of carbonyl (C=O) groups excluding carboxylic acids is 4. The van der Waals surface area contributed by atoms with Crippen molar-refractivity contribution in [1.82, 2.24) is 4.98 Å². The fraction of sp³-hybridized carbons (Fsp3) is 0.0455. The van der Waals surface area contributed by atoms with Gasteiger partial charge < -0.3 is 10.1 Å². The van der Waals surface area contributed by atoms with Gasteiger partial charge >= 0.3 is 5.97 Å². The number of esters is 1. The average Bonchev–Trinajstić information content (AvgIpc) is 2.75. The number of halogens is 1. The van der Waals surface area contributed by atoms with Gasteiger partial charge in [-0.15, -0.1) is 0 Å². The molecular weight excluding hydrogens is 452 g/mol. The van der Waals surface area contributed by atoms with Crippen LogP contribution < -0.4 is 5.32 Å². The second-order valence-electron chi connectivity index (χ2n) is 6.45. The van der Waals surface area contributed by atoms with E-state index in [1.807, 2.05) is 0 Å². The molecule has 1 N–H and O–H groups in total. The summed E-state index contributed by atoms with van der Waals surface area (Å²) in [7, 11) is 0. The van der Waals surface area contributed by atoms with Gasteiger partial charge in [0, 0.05) is 33.6 Å². The van der Waals surface area contributed by atoms with E-state index in [4.69, 9.17) is 4.74 Å². The van der Waals surface area contributed by atoms with Crippen LogP contribution >= 0.6 is 15.9 Å². The van der Waals surface area contributed by atoms with Crippen LogP contribution in [0.1, 0.15) is 42.2 Å². The van der Waals surface area contributed by atoms with Crippen LogP contribution in [-0.2, 0) is 9.53 Å². The summed E-state index contributed by atoms with van der Waals surface area (Å²) in [4.78, 5) is 53.9. The second-order valence-corrected chi connectivity index (χ2v) is 7.36. The fourth-order valence-electron chi connectivity index (χ4n) is 3.17. The Morgan fingerprint density at radius 3 is 2.37 bits per heavy atom. The van der Waals surface area contributed by atoms with Crippen molar-refractivity contribution in [3.63, 3.8) is 0 Å². The van der Waals surface area contributed by atoms with Gasteiger partial charge in [0.15, 0.2) is 18.2 Å². The van der Waals surface area contributed by atoms with Crippen molar-refractivity contribution in [1.29, 1.82) is 0 Å². The molecule has 1 aliphatic rings. The maximum absolute atomic E-state index is 12.9. The summed E-state index contributed by atoms with van der Waals surface area (Å²) in [5.41, 5.74) is 1.32. The van der Waals surface area contributed by atoms with Crippen molar-refractivity contribution in [3.8, 4) is 0 Å². The first-order chi connectivity index (χ1) is 14.5. The third kappa shape index (κ3) is 3.65. The van der Waals surface area contributed by atoms with Crippen LogP contribution in [0.2, 0.25) is 0 Å². The SMILES string of the molecule is O=C(COC(=O)c1cncc(Br)c1)Nc1cccc2c1C(=O)c1ccccc1C2=O. The van der Waals surface area contributed by atoms with Gasteiger partial charge in [0.2, 0.25) is 0 Å². The Morgan fingerprint density at radius 1 is 0.933 bits per heavy atom. The van der Waals surface area contributed by atoms with Crippen LogP contribution in [0.3, 0.4) is 0 Å². The number of pyridine rings is 1. The number of amides is 1. The predicted molar refractivity (Wildman–Crippen MR) is 111 cm³/mol. The molecule has 0 unspecified atom stereocenters. The highest BCUT2D eigenvalue weighted by Gasteiger charge is 2.31. The predicted octanol–water partition coefficient (Wildman–Crippen LogP) is 3.42. The van der Waals surface area contributed by atoms with Crippen LogP contribution in [0.15, 0.2) is 65.4 Å². The molecule has 7 nitrogen and oxygen atoms in total. The van der Waals surface area contributed by atoms with Gasteiger partial charge in [-0.25, -0.2) is 4.79 Å². The first kappa shape index (κ1) is 19.7. The first-order valence-corrected chi connectivity index (χ1v) is 9.64. The molecule has 0 atom stereocenters. The number of carbonyl (C=O) groups is 4. The van der Waals surface area contributed by atoms with Gasteiger partial charge in [-0.3, -0.25) is 19.4 Å². The molecule has 1 aliphatic carbocycles. The van der Waals surface area contributed by atoms with Gasteiger partial charge in [-0.1, -0.05) is 36.4 Å². The third-order valence-corrected chi connectivity index (χ3v) is 4.94. The monoisotopic (exact) mass is 464 g/mol. The Balaban J connectivity index is 1.52. The summed E-state index contributed by atoms with van der Waals surface area (Å²) >= 11 is 3.20. The molecule has 0 saturated heterocycles. The molecule has 0 radical (unpaired) electrons. The van der Waals surface area contributed by atoms with Crippen molar-refractivity contribution in [2.24, 2.45) is 0 Å². The van der Waals surface area contributed by atoms with E-state index in [-0.39, 0.29) is 39.5 Å². The van der Waals surface area contributed by atoms with E-state index in [0.717, 1.165) is 0 Å². The highest BCUT2D eigenvalue weighted by Crippen LogP contribution is 2.31. The Hall–Kier alpha value is -3.65. The fourth-order valence-corrected chi connectivity index (χ4v) is 3.54. The Kier molecular flexibility index (Phi) is 5.24. The molecule has 148 valence electrons. The lowest BCUT2D eigenvalue weighted by molar-refractivity contribution is -0.119. The molecule has 0 aliphatic heterocycles. The van der Waals surface area contributed by atoms with Crippen molar-refractivity contribution in [2.45, 2.75) is 0 Å². The number of nitrogens with zero attached hydrogens (tertiary/aromatic N) is 1.